The van der Waals surface area contributed by atoms with Crippen molar-refractivity contribution < 1.29 is 17.2 Å². The van der Waals surface area contributed by atoms with Crippen LogP contribution >= 0.6 is 11.8 Å². The molecule has 0 unspecified atom stereocenters. The van der Waals surface area contributed by atoms with Crippen molar-refractivity contribution in [2.24, 2.45) is 0 Å². The maximum absolute atomic E-state index is 13.1. The number of hydrogen-bond acceptors (Lipinski definition) is 6. The van der Waals surface area contributed by atoms with Crippen LogP contribution in [0, 0.1) is 5.82 Å². The van der Waals surface area contributed by atoms with Gasteiger partial charge in [0.15, 0.2) is 0 Å². The zero-order valence-electron chi connectivity index (χ0n) is 16.5. The zero-order valence-corrected chi connectivity index (χ0v) is 18.1. The molecule has 1 aromatic heterocycles. The Balaban J connectivity index is 1.52. The fraction of sp³-hybridized carbons (Fsp3) is 0.333. The normalized spacial score (nSPS) is 16.5. The van der Waals surface area contributed by atoms with Crippen molar-refractivity contribution in [3.05, 3.63) is 59.9 Å². The van der Waals surface area contributed by atoms with Crippen LogP contribution in [-0.4, -0.2) is 36.0 Å². The highest BCUT2D eigenvalue weighted by atomic mass is 32.2. The van der Waals surface area contributed by atoms with E-state index in [9.17, 15) is 12.8 Å². The number of benzene rings is 2. The summed E-state index contributed by atoms with van der Waals surface area (Å²) in [6.07, 6.45) is 2.83. The Hall–Kier alpha value is -2.23. The number of thioether (sulfide) groups is 1. The molecule has 0 radical (unpaired) electrons. The van der Waals surface area contributed by atoms with E-state index in [1.807, 2.05) is 6.92 Å². The molecule has 4 rings (SSSR count). The first-order valence-electron chi connectivity index (χ1n) is 9.80. The van der Waals surface area contributed by atoms with Crippen molar-refractivity contribution in [3.63, 3.8) is 0 Å². The summed E-state index contributed by atoms with van der Waals surface area (Å²) in [5.41, 5.74) is 1.50. The first-order chi connectivity index (χ1) is 14.4. The summed E-state index contributed by atoms with van der Waals surface area (Å²) in [7, 11) is -3.54. The van der Waals surface area contributed by atoms with Gasteiger partial charge < -0.3 is 4.42 Å². The molecule has 1 aliphatic rings. The topological polar surface area (TPSA) is 76.3 Å². The van der Waals surface area contributed by atoms with Crippen molar-refractivity contribution in [1.29, 1.82) is 0 Å². The van der Waals surface area contributed by atoms with Crippen LogP contribution < -0.4 is 0 Å². The molecule has 1 saturated heterocycles. The molecule has 2 aromatic carbocycles. The molecular formula is C21H22FN3O3S2. The SMILES string of the molecule is C[C@@H](Sc1nnc(-c2cccc(S(=O)(=O)N3CCCCC3)c2)o1)c1ccc(F)cc1. The van der Waals surface area contributed by atoms with E-state index in [0.717, 1.165) is 24.8 Å². The summed E-state index contributed by atoms with van der Waals surface area (Å²) in [5, 5.41) is 8.50. The molecule has 0 amide bonds. The van der Waals surface area contributed by atoms with Crippen molar-refractivity contribution in [1.82, 2.24) is 14.5 Å². The summed E-state index contributed by atoms with van der Waals surface area (Å²) in [5.74, 6) is -0.0186. The quantitative estimate of drug-likeness (QED) is 0.500. The van der Waals surface area contributed by atoms with Gasteiger partial charge in [0.1, 0.15) is 5.82 Å². The molecular weight excluding hydrogens is 425 g/mol. The smallest absolute Gasteiger partial charge is 0.277 e. The maximum atomic E-state index is 13.1. The van der Waals surface area contributed by atoms with Crippen LogP contribution in [0.2, 0.25) is 0 Å². The van der Waals surface area contributed by atoms with E-state index in [2.05, 4.69) is 10.2 Å². The number of piperidine rings is 1. The molecule has 1 aliphatic heterocycles. The second-order valence-electron chi connectivity index (χ2n) is 7.18. The third-order valence-electron chi connectivity index (χ3n) is 5.06. The number of nitrogens with zero attached hydrogens (tertiary/aromatic N) is 3. The Labute approximate surface area is 179 Å². The maximum Gasteiger partial charge on any atom is 0.277 e. The lowest BCUT2D eigenvalue weighted by Crippen LogP contribution is -2.35. The van der Waals surface area contributed by atoms with Crippen molar-refractivity contribution in [2.75, 3.05) is 13.1 Å². The van der Waals surface area contributed by atoms with Crippen LogP contribution in [0.5, 0.6) is 0 Å². The first kappa shape index (κ1) is 21.0. The highest BCUT2D eigenvalue weighted by Crippen LogP contribution is 2.35. The van der Waals surface area contributed by atoms with Gasteiger partial charge in [0, 0.05) is 23.9 Å². The van der Waals surface area contributed by atoms with E-state index in [0.29, 0.717) is 23.9 Å². The lowest BCUT2D eigenvalue weighted by Gasteiger charge is -2.25. The van der Waals surface area contributed by atoms with E-state index < -0.39 is 10.0 Å². The summed E-state index contributed by atoms with van der Waals surface area (Å²) >= 11 is 1.36. The van der Waals surface area contributed by atoms with Gasteiger partial charge in [0.05, 0.1) is 4.90 Å². The minimum atomic E-state index is -3.54. The Morgan fingerprint density at radius 3 is 2.53 bits per heavy atom. The Morgan fingerprint density at radius 2 is 1.80 bits per heavy atom. The molecule has 3 aromatic rings. The van der Waals surface area contributed by atoms with Gasteiger partial charge in [-0.3, -0.25) is 0 Å². The molecule has 0 N–H and O–H groups in total. The number of aromatic nitrogens is 2. The minimum Gasteiger partial charge on any atom is -0.411 e. The molecule has 158 valence electrons. The average Bonchev–Trinajstić information content (AvgIpc) is 3.23. The summed E-state index contributed by atoms with van der Waals surface area (Å²) in [6.45, 7) is 3.07. The number of rotatable bonds is 6. The Morgan fingerprint density at radius 1 is 1.07 bits per heavy atom. The van der Waals surface area contributed by atoms with Gasteiger partial charge in [-0.05, 0) is 55.7 Å². The van der Waals surface area contributed by atoms with E-state index in [-0.39, 0.29) is 21.9 Å². The van der Waals surface area contributed by atoms with Gasteiger partial charge >= 0.3 is 0 Å². The highest BCUT2D eigenvalue weighted by molar-refractivity contribution is 7.99. The molecule has 30 heavy (non-hydrogen) atoms. The van der Waals surface area contributed by atoms with E-state index in [4.69, 9.17) is 4.42 Å². The largest absolute Gasteiger partial charge is 0.411 e. The van der Waals surface area contributed by atoms with Crippen LogP contribution in [0.3, 0.4) is 0 Å². The van der Waals surface area contributed by atoms with Gasteiger partial charge in [-0.1, -0.05) is 36.4 Å². The fourth-order valence-corrected chi connectivity index (χ4v) is 5.75. The zero-order chi connectivity index (χ0) is 21.1. The molecule has 9 heteroatoms. The van der Waals surface area contributed by atoms with Crippen LogP contribution in [0.1, 0.15) is 37.0 Å². The van der Waals surface area contributed by atoms with Crippen molar-refractivity contribution in [2.45, 2.75) is 41.6 Å². The predicted octanol–water partition coefficient (Wildman–Crippen LogP) is 4.90. The lowest BCUT2D eigenvalue weighted by atomic mass is 10.2. The average molecular weight is 448 g/mol. The second kappa shape index (κ2) is 8.87. The van der Waals surface area contributed by atoms with Gasteiger partial charge in [0.25, 0.3) is 5.22 Å². The molecule has 1 atom stereocenters. The Bertz CT molecular complexity index is 1110. The van der Waals surface area contributed by atoms with Crippen molar-refractivity contribution in [3.8, 4) is 11.5 Å². The molecule has 6 nitrogen and oxygen atoms in total. The minimum absolute atomic E-state index is 0.00952. The number of sulfonamides is 1. The predicted molar refractivity (Wildman–Crippen MR) is 113 cm³/mol. The first-order valence-corrected chi connectivity index (χ1v) is 12.1. The van der Waals surface area contributed by atoms with E-state index in [1.54, 1.807) is 36.4 Å². The van der Waals surface area contributed by atoms with Gasteiger partial charge in [-0.25, -0.2) is 12.8 Å². The third kappa shape index (κ3) is 4.58. The second-order valence-corrected chi connectivity index (χ2v) is 10.4. The van der Waals surface area contributed by atoms with Gasteiger partial charge in [0.2, 0.25) is 15.9 Å². The standard InChI is InChI=1S/C21H22FN3O3S2/c1-15(16-8-10-18(22)11-9-16)29-21-24-23-20(28-21)17-6-5-7-19(14-17)30(26,27)25-12-3-2-4-13-25/h5-11,14-15H,2-4,12-13H2,1H3/t15-/m1/s1. The molecule has 1 fully saturated rings. The van der Waals surface area contributed by atoms with Crippen LogP contribution in [0.25, 0.3) is 11.5 Å². The van der Waals surface area contributed by atoms with Gasteiger partial charge in [-0.2, -0.15) is 4.31 Å². The molecule has 2 heterocycles. The molecule has 0 aliphatic carbocycles. The van der Waals surface area contributed by atoms with Crippen LogP contribution in [-0.2, 0) is 10.0 Å². The third-order valence-corrected chi connectivity index (χ3v) is 7.94. The summed E-state index contributed by atoms with van der Waals surface area (Å²) in [6, 6.07) is 12.9. The van der Waals surface area contributed by atoms with E-state index in [1.165, 1.54) is 28.2 Å². The molecule has 0 spiro atoms. The van der Waals surface area contributed by atoms with Crippen molar-refractivity contribution >= 4 is 21.8 Å². The summed E-state index contributed by atoms with van der Waals surface area (Å²) in [4.78, 5) is 0.231. The number of halogens is 1. The molecule has 0 bridgehead atoms. The van der Waals surface area contributed by atoms with Crippen LogP contribution in [0.4, 0.5) is 4.39 Å². The monoisotopic (exact) mass is 447 g/mol. The Kier molecular flexibility index (Phi) is 6.21. The fourth-order valence-electron chi connectivity index (χ4n) is 3.37. The van der Waals surface area contributed by atoms with E-state index >= 15 is 0 Å². The van der Waals surface area contributed by atoms with Gasteiger partial charge in [-0.15, -0.1) is 10.2 Å². The van der Waals surface area contributed by atoms with Crippen LogP contribution in [0.15, 0.2) is 63.1 Å². The number of hydrogen-bond donors (Lipinski definition) is 0. The lowest BCUT2D eigenvalue weighted by molar-refractivity contribution is 0.346. The summed E-state index contributed by atoms with van der Waals surface area (Å²) < 4.78 is 46.3. The molecule has 0 saturated carbocycles. The highest BCUT2D eigenvalue weighted by Gasteiger charge is 2.26.